The summed E-state index contributed by atoms with van der Waals surface area (Å²) in [4.78, 5) is 14.0. The molecule has 1 aromatic carbocycles. The van der Waals surface area contributed by atoms with Crippen LogP contribution in [0.5, 0.6) is 5.75 Å². The molecule has 1 aliphatic heterocycles. The third-order valence-corrected chi connectivity index (χ3v) is 3.08. The molecule has 0 aromatic heterocycles. The minimum atomic E-state index is 0.0582. The van der Waals surface area contributed by atoms with E-state index >= 15 is 0 Å². The predicted molar refractivity (Wildman–Crippen MR) is 66.1 cm³/mol. The third-order valence-electron chi connectivity index (χ3n) is 3.08. The number of carbonyl (C=O) groups excluding carboxylic acids is 1. The van der Waals surface area contributed by atoms with Crippen LogP contribution < -0.4 is 10.5 Å². The Hall–Kier alpha value is -1.55. The number of likely N-dealkylation sites (tertiary alicyclic amines) is 1. The normalized spacial score (nSPS) is 20.1. The standard InChI is InChI=1S/C13H18N2O2/c1-17-12-6-4-10(5-7-12)13(16)15-8-2-3-11(14)9-15/h4-7,11H,2-3,8-9,14H2,1H3/t11-/m1/s1. The van der Waals surface area contributed by atoms with Crippen molar-refractivity contribution < 1.29 is 9.53 Å². The van der Waals surface area contributed by atoms with Crippen LogP contribution >= 0.6 is 0 Å². The highest BCUT2D eigenvalue weighted by Crippen LogP contribution is 2.15. The molecule has 0 bridgehead atoms. The van der Waals surface area contributed by atoms with E-state index in [1.54, 1.807) is 31.4 Å². The first-order valence-corrected chi connectivity index (χ1v) is 5.89. The lowest BCUT2D eigenvalue weighted by Gasteiger charge is -2.30. The molecule has 0 unspecified atom stereocenters. The monoisotopic (exact) mass is 234 g/mol. The topological polar surface area (TPSA) is 55.6 Å². The fourth-order valence-corrected chi connectivity index (χ4v) is 2.11. The van der Waals surface area contributed by atoms with Crippen molar-refractivity contribution in [3.63, 3.8) is 0 Å². The van der Waals surface area contributed by atoms with Gasteiger partial charge in [-0.1, -0.05) is 0 Å². The van der Waals surface area contributed by atoms with Gasteiger partial charge in [0.15, 0.2) is 0 Å². The van der Waals surface area contributed by atoms with E-state index in [2.05, 4.69) is 0 Å². The van der Waals surface area contributed by atoms with Crippen molar-refractivity contribution in [2.45, 2.75) is 18.9 Å². The number of nitrogens with zero attached hydrogens (tertiary/aromatic N) is 1. The van der Waals surface area contributed by atoms with Crippen LogP contribution in [0.25, 0.3) is 0 Å². The number of rotatable bonds is 2. The van der Waals surface area contributed by atoms with Gasteiger partial charge in [-0.15, -0.1) is 0 Å². The van der Waals surface area contributed by atoms with Gasteiger partial charge in [-0.25, -0.2) is 0 Å². The molecule has 1 saturated heterocycles. The van der Waals surface area contributed by atoms with Gasteiger partial charge in [0.2, 0.25) is 0 Å². The van der Waals surface area contributed by atoms with Crippen molar-refractivity contribution in [1.82, 2.24) is 4.90 Å². The first-order chi connectivity index (χ1) is 8.20. The van der Waals surface area contributed by atoms with Crippen molar-refractivity contribution >= 4 is 5.91 Å². The number of nitrogens with two attached hydrogens (primary N) is 1. The van der Waals surface area contributed by atoms with E-state index in [1.807, 2.05) is 4.90 Å². The molecule has 0 aliphatic carbocycles. The molecule has 4 heteroatoms. The van der Waals surface area contributed by atoms with Crippen LogP contribution in [0, 0.1) is 0 Å². The molecule has 1 fully saturated rings. The summed E-state index contributed by atoms with van der Waals surface area (Å²) in [5.74, 6) is 0.819. The number of ether oxygens (including phenoxy) is 1. The Bertz CT molecular complexity index is 389. The van der Waals surface area contributed by atoms with E-state index in [4.69, 9.17) is 10.5 Å². The quantitative estimate of drug-likeness (QED) is 0.838. The summed E-state index contributed by atoms with van der Waals surface area (Å²) in [6.07, 6.45) is 2.00. The molecule has 1 heterocycles. The Labute approximate surface area is 101 Å². The fraction of sp³-hybridized carbons (Fsp3) is 0.462. The summed E-state index contributed by atoms with van der Waals surface area (Å²) in [6.45, 7) is 1.46. The molecule has 2 rings (SSSR count). The molecule has 1 aromatic rings. The van der Waals surface area contributed by atoms with Crippen LogP contribution in [0.15, 0.2) is 24.3 Å². The molecule has 0 radical (unpaired) electrons. The van der Waals surface area contributed by atoms with E-state index in [0.29, 0.717) is 12.1 Å². The second-order valence-electron chi connectivity index (χ2n) is 4.38. The van der Waals surface area contributed by atoms with Crippen molar-refractivity contribution in [3.8, 4) is 5.75 Å². The second-order valence-corrected chi connectivity index (χ2v) is 4.38. The average molecular weight is 234 g/mol. The number of benzene rings is 1. The highest BCUT2D eigenvalue weighted by Gasteiger charge is 2.22. The van der Waals surface area contributed by atoms with Gasteiger partial charge >= 0.3 is 0 Å². The summed E-state index contributed by atoms with van der Waals surface area (Å²) >= 11 is 0. The maximum Gasteiger partial charge on any atom is 0.253 e. The molecular weight excluding hydrogens is 216 g/mol. The fourth-order valence-electron chi connectivity index (χ4n) is 2.11. The number of methoxy groups -OCH3 is 1. The van der Waals surface area contributed by atoms with Gasteiger partial charge in [-0.3, -0.25) is 4.79 Å². The van der Waals surface area contributed by atoms with Crippen LogP contribution in [0.2, 0.25) is 0 Å². The third kappa shape index (κ3) is 2.77. The van der Waals surface area contributed by atoms with Crippen molar-refractivity contribution in [1.29, 1.82) is 0 Å². The molecule has 0 spiro atoms. The zero-order valence-corrected chi connectivity index (χ0v) is 10.1. The predicted octanol–water partition coefficient (Wildman–Crippen LogP) is 1.26. The summed E-state index contributed by atoms with van der Waals surface area (Å²) in [6, 6.07) is 7.31. The number of hydrogen-bond acceptors (Lipinski definition) is 3. The lowest BCUT2D eigenvalue weighted by atomic mass is 10.1. The molecule has 92 valence electrons. The average Bonchev–Trinajstić information content (AvgIpc) is 2.38. The van der Waals surface area contributed by atoms with Gasteiger partial charge in [0.05, 0.1) is 7.11 Å². The van der Waals surface area contributed by atoms with Crippen molar-refractivity contribution in [2.75, 3.05) is 20.2 Å². The summed E-state index contributed by atoms with van der Waals surface area (Å²) in [5.41, 5.74) is 6.57. The zero-order valence-electron chi connectivity index (χ0n) is 10.1. The Balaban J connectivity index is 2.07. The van der Waals surface area contributed by atoms with Gasteiger partial charge in [0.25, 0.3) is 5.91 Å². The number of carbonyl (C=O) groups is 1. The van der Waals surface area contributed by atoms with E-state index < -0.39 is 0 Å². The van der Waals surface area contributed by atoms with E-state index in [0.717, 1.165) is 25.1 Å². The first-order valence-electron chi connectivity index (χ1n) is 5.89. The largest absolute Gasteiger partial charge is 0.497 e. The molecule has 1 aliphatic rings. The molecular formula is C13H18N2O2. The van der Waals surface area contributed by atoms with Gasteiger partial charge in [-0.05, 0) is 37.1 Å². The van der Waals surface area contributed by atoms with Crippen LogP contribution in [-0.4, -0.2) is 37.0 Å². The van der Waals surface area contributed by atoms with Crippen LogP contribution in [0.4, 0.5) is 0 Å². The van der Waals surface area contributed by atoms with Crippen molar-refractivity contribution in [3.05, 3.63) is 29.8 Å². The lowest BCUT2D eigenvalue weighted by molar-refractivity contribution is 0.0709. The van der Waals surface area contributed by atoms with Gasteiger partial charge < -0.3 is 15.4 Å². The first kappa shape index (κ1) is 11.9. The number of hydrogen-bond donors (Lipinski definition) is 1. The van der Waals surface area contributed by atoms with E-state index in [1.165, 1.54) is 0 Å². The maximum absolute atomic E-state index is 12.2. The highest BCUT2D eigenvalue weighted by atomic mass is 16.5. The summed E-state index contributed by atoms with van der Waals surface area (Å²) in [7, 11) is 1.61. The Kier molecular flexibility index (Phi) is 3.64. The van der Waals surface area contributed by atoms with Crippen LogP contribution in [0.1, 0.15) is 23.2 Å². The van der Waals surface area contributed by atoms with Gasteiger partial charge in [-0.2, -0.15) is 0 Å². The molecule has 1 amide bonds. The molecule has 4 nitrogen and oxygen atoms in total. The zero-order chi connectivity index (χ0) is 12.3. The maximum atomic E-state index is 12.2. The molecule has 0 saturated carbocycles. The molecule has 1 atom stereocenters. The number of piperidine rings is 1. The SMILES string of the molecule is COc1ccc(C(=O)N2CCC[C@@H](N)C2)cc1. The Morgan fingerprint density at radius 3 is 2.71 bits per heavy atom. The number of amides is 1. The summed E-state index contributed by atoms with van der Waals surface area (Å²) in [5, 5.41) is 0. The van der Waals surface area contributed by atoms with Gasteiger partial charge in [0, 0.05) is 24.7 Å². The molecule has 2 N–H and O–H groups in total. The second kappa shape index (κ2) is 5.19. The summed E-state index contributed by atoms with van der Waals surface area (Å²) < 4.78 is 5.07. The smallest absolute Gasteiger partial charge is 0.253 e. The Morgan fingerprint density at radius 2 is 2.12 bits per heavy atom. The molecule has 17 heavy (non-hydrogen) atoms. The minimum absolute atomic E-state index is 0.0582. The van der Waals surface area contributed by atoms with E-state index in [9.17, 15) is 4.79 Å². The van der Waals surface area contributed by atoms with Crippen LogP contribution in [-0.2, 0) is 0 Å². The van der Waals surface area contributed by atoms with Crippen molar-refractivity contribution in [2.24, 2.45) is 5.73 Å². The highest BCUT2D eigenvalue weighted by molar-refractivity contribution is 5.94. The Morgan fingerprint density at radius 1 is 1.41 bits per heavy atom. The van der Waals surface area contributed by atoms with Crippen LogP contribution in [0.3, 0.4) is 0 Å². The minimum Gasteiger partial charge on any atom is -0.497 e. The lowest BCUT2D eigenvalue weighted by Crippen LogP contribution is -2.45. The van der Waals surface area contributed by atoms with E-state index in [-0.39, 0.29) is 11.9 Å². The van der Waals surface area contributed by atoms with Gasteiger partial charge in [0.1, 0.15) is 5.75 Å².